The van der Waals surface area contributed by atoms with E-state index in [0.717, 1.165) is 20.9 Å². The number of hydrogen-bond acceptors (Lipinski definition) is 12. The molecule has 10 rings (SSSR count). The second kappa shape index (κ2) is 11.4. The minimum Gasteiger partial charge on any atom is -0.449 e. The van der Waals surface area contributed by atoms with E-state index in [-0.39, 0.29) is 0 Å². The molecule has 4 unspecified atom stereocenters. The van der Waals surface area contributed by atoms with Gasteiger partial charge in [0.25, 0.3) is 11.8 Å². The van der Waals surface area contributed by atoms with Crippen LogP contribution >= 0.6 is 0 Å². The van der Waals surface area contributed by atoms with Crippen molar-refractivity contribution in [3.8, 4) is 23.0 Å². The van der Waals surface area contributed by atoms with Gasteiger partial charge in [0.05, 0.1) is 11.4 Å². The molecule has 0 aliphatic carbocycles. The van der Waals surface area contributed by atoms with Crippen LogP contribution in [-0.4, -0.2) is 58.8 Å². The Labute approximate surface area is 313 Å². The summed E-state index contributed by atoms with van der Waals surface area (Å²) >= 11 is 0. The Hall–Kier alpha value is -6.70. The van der Waals surface area contributed by atoms with Gasteiger partial charge in [0, 0.05) is 38.8 Å². The fourth-order valence-corrected chi connectivity index (χ4v) is 7.87. The van der Waals surface area contributed by atoms with Crippen LogP contribution in [0.2, 0.25) is 0 Å². The van der Waals surface area contributed by atoms with Crippen LogP contribution in [0.5, 0.6) is 23.0 Å². The topological polar surface area (TPSA) is 155 Å². The molecule has 276 valence electrons. The molecule has 0 saturated carbocycles. The van der Waals surface area contributed by atoms with Crippen molar-refractivity contribution in [3.63, 3.8) is 0 Å². The van der Waals surface area contributed by atoms with E-state index in [1.165, 1.54) is 0 Å². The normalized spacial score (nSPS) is 24.8. The van der Waals surface area contributed by atoms with Crippen LogP contribution in [-0.2, 0) is 35.3 Å². The Morgan fingerprint density at radius 2 is 0.891 bits per heavy atom. The summed E-state index contributed by atoms with van der Waals surface area (Å²) in [4.78, 5) is 67.5. The lowest BCUT2D eigenvalue weighted by Gasteiger charge is -2.17. The van der Waals surface area contributed by atoms with Crippen molar-refractivity contribution in [2.45, 2.75) is 57.9 Å². The van der Waals surface area contributed by atoms with Crippen molar-refractivity contribution >= 4 is 46.4 Å². The van der Waals surface area contributed by atoms with Crippen molar-refractivity contribution in [1.29, 1.82) is 0 Å². The van der Waals surface area contributed by atoms with E-state index in [9.17, 15) is 19.2 Å². The van der Waals surface area contributed by atoms with Crippen LogP contribution in [0.1, 0.15) is 49.9 Å². The summed E-state index contributed by atoms with van der Waals surface area (Å²) in [5.74, 6) is -3.04. The number of oxime groups is 2. The predicted octanol–water partition coefficient (Wildman–Crippen LogP) is 4.88. The molecule has 0 aromatic heterocycles. The zero-order valence-electron chi connectivity index (χ0n) is 30.0. The van der Waals surface area contributed by atoms with Gasteiger partial charge in [-0.3, -0.25) is 19.2 Å². The molecule has 6 aliphatic heterocycles. The summed E-state index contributed by atoms with van der Waals surface area (Å²) in [5.41, 5.74) is 4.61. The number of anilines is 2. The Balaban J connectivity index is 0.810. The maximum atomic E-state index is 13.7. The van der Waals surface area contributed by atoms with Gasteiger partial charge in [-0.15, -0.1) is 0 Å². The van der Waals surface area contributed by atoms with Crippen LogP contribution in [0.3, 0.4) is 0 Å². The molecule has 55 heavy (non-hydrogen) atoms. The van der Waals surface area contributed by atoms with Crippen molar-refractivity contribution in [2.75, 3.05) is 9.80 Å². The van der Waals surface area contributed by atoms with E-state index in [0.29, 0.717) is 63.3 Å². The van der Waals surface area contributed by atoms with Gasteiger partial charge < -0.3 is 28.6 Å². The van der Waals surface area contributed by atoms with E-state index in [1.807, 2.05) is 24.3 Å². The first-order valence-electron chi connectivity index (χ1n) is 17.8. The third kappa shape index (κ3) is 5.15. The first-order chi connectivity index (χ1) is 26.3. The highest BCUT2D eigenvalue weighted by molar-refractivity contribution is 6.33. The zero-order chi connectivity index (χ0) is 38.0. The Morgan fingerprint density at radius 3 is 1.29 bits per heavy atom. The average Bonchev–Trinajstić information content (AvgIpc) is 3.98. The largest absolute Gasteiger partial charge is 0.449 e. The number of benzene rings is 4. The lowest BCUT2D eigenvalue weighted by molar-refractivity contribution is -0.127. The highest BCUT2D eigenvalue weighted by Gasteiger charge is 2.57. The maximum Gasteiger partial charge on any atom is 0.278 e. The summed E-state index contributed by atoms with van der Waals surface area (Å²) < 4.78 is 23.3. The van der Waals surface area contributed by atoms with E-state index >= 15 is 0 Å². The van der Waals surface area contributed by atoms with Gasteiger partial charge in [-0.05, 0) is 78.2 Å². The number of fused-ring (bicyclic) bond motifs is 4. The molecule has 2 saturated heterocycles. The van der Waals surface area contributed by atoms with Gasteiger partial charge in [0.1, 0.15) is 23.3 Å². The summed E-state index contributed by atoms with van der Waals surface area (Å²) in [6.07, 6.45) is -1.60. The van der Waals surface area contributed by atoms with Crippen molar-refractivity contribution in [2.24, 2.45) is 22.1 Å². The third-order valence-corrected chi connectivity index (χ3v) is 10.3. The Bertz CT molecular complexity index is 2270. The Morgan fingerprint density at radius 1 is 0.509 bits per heavy atom. The zero-order valence-corrected chi connectivity index (χ0v) is 30.0. The molecule has 4 aromatic rings. The maximum absolute atomic E-state index is 13.7. The molecule has 4 aromatic carbocycles. The summed E-state index contributed by atoms with van der Waals surface area (Å²) in [7, 11) is 0. The summed E-state index contributed by atoms with van der Waals surface area (Å²) in [6.45, 7) is 7.20. The van der Waals surface area contributed by atoms with Crippen molar-refractivity contribution < 1.29 is 47.8 Å². The van der Waals surface area contributed by atoms with Crippen LogP contribution < -0.4 is 28.7 Å². The van der Waals surface area contributed by atoms with Crippen molar-refractivity contribution in [3.05, 3.63) is 107 Å². The number of carbonyl (C=O) groups excluding carboxylic acids is 4. The quantitative estimate of drug-likeness (QED) is 0.250. The molecule has 2 fully saturated rings. The SMILES string of the molecule is CC1(C)Oc2ccc(C3=NOC4C(=O)N(c5ccc(Cc6ccc(N7C(=O)C8ON=C(c9ccc%10c(c9)OC(C)(C)O%10)C8C7=O)cc6)cc5)C(=O)C34)cc2O1. The highest BCUT2D eigenvalue weighted by Crippen LogP contribution is 2.44. The lowest BCUT2D eigenvalue weighted by Crippen LogP contribution is -2.33. The third-order valence-electron chi connectivity index (χ3n) is 10.3. The van der Waals surface area contributed by atoms with E-state index in [4.69, 9.17) is 28.6 Å². The molecular formula is C41H32N4O10. The monoisotopic (exact) mass is 740 g/mol. The number of carbonyl (C=O) groups is 4. The number of imide groups is 2. The molecule has 0 bridgehead atoms. The minimum atomic E-state index is -1.06. The number of ether oxygens (including phenoxy) is 4. The van der Waals surface area contributed by atoms with Gasteiger partial charge in [-0.25, -0.2) is 9.80 Å². The van der Waals surface area contributed by atoms with Crippen LogP contribution in [0.25, 0.3) is 0 Å². The van der Waals surface area contributed by atoms with Gasteiger partial charge in [0.15, 0.2) is 23.0 Å². The molecule has 0 radical (unpaired) electrons. The van der Waals surface area contributed by atoms with Crippen LogP contribution in [0, 0.1) is 11.8 Å². The van der Waals surface area contributed by atoms with Crippen LogP contribution in [0.4, 0.5) is 11.4 Å². The first-order valence-corrected chi connectivity index (χ1v) is 17.8. The molecule has 6 heterocycles. The predicted molar refractivity (Wildman–Crippen MR) is 194 cm³/mol. The fourth-order valence-electron chi connectivity index (χ4n) is 7.87. The first kappa shape index (κ1) is 32.9. The Kier molecular flexibility index (Phi) is 6.82. The average molecular weight is 741 g/mol. The van der Waals surface area contributed by atoms with E-state index < -0.39 is 59.2 Å². The highest BCUT2D eigenvalue weighted by atomic mass is 16.7. The van der Waals surface area contributed by atoms with E-state index in [2.05, 4.69) is 10.3 Å². The molecular weight excluding hydrogens is 708 g/mol. The number of nitrogens with zero attached hydrogens (tertiary/aromatic N) is 4. The fraction of sp³-hybridized carbons (Fsp3) is 0.268. The second-order valence-electron chi connectivity index (χ2n) is 15.0. The second-order valence-corrected chi connectivity index (χ2v) is 15.0. The standard InChI is InChI=1S/C41H32N4O10/c1-40(2)50-26-15-9-22(18-28(26)52-40)32-30-34(54-42-32)38(48)44(36(30)46)24-11-5-20(6-12-24)17-21-7-13-25(14-8-21)45-37(47)31-33(43-55-35(31)39(45)49)23-10-16-27-29(19-23)53-41(3,4)51-27/h5-16,18-19,30-31,34-35H,17H2,1-4H3. The number of rotatable bonds is 6. The molecule has 4 atom stereocenters. The molecule has 4 amide bonds. The molecule has 0 spiro atoms. The lowest BCUT2D eigenvalue weighted by atomic mass is 9.94. The van der Waals surface area contributed by atoms with Crippen LogP contribution in [0.15, 0.2) is 95.2 Å². The smallest absolute Gasteiger partial charge is 0.278 e. The summed E-state index contributed by atoms with van der Waals surface area (Å²) in [6, 6.07) is 24.8. The number of amides is 4. The van der Waals surface area contributed by atoms with Gasteiger partial charge in [-0.2, -0.15) is 0 Å². The van der Waals surface area contributed by atoms with Gasteiger partial charge >= 0.3 is 0 Å². The molecule has 6 aliphatic rings. The number of hydrogen-bond donors (Lipinski definition) is 0. The molecule has 14 nitrogen and oxygen atoms in total. The molecule has 0 N–H and O–H groups in total. The van der Waals surface area contributed by atoms with Gasteiger partial charge in [0.2, 0.25) is 35.6 Å². The van der Waals surface area contributed by atoms with Gasteiger partial charge in [-0.1, -0.05) is 34.6 Å². The minimum absolute atomic E-state index is 0.359. The molecule has 14 heteroatoms. The summed E-state index contributed by atoms with van der Waals surface area (Å²) in [5, 5.41) is 8.24. The van der Waals surface area contributed by atoms with E-state index in [1.54, 1.807) is 88.4 Å². The van der Waals surface area contributed by atoms with Crippen molar-refractivity contribution in [1.82, 2.24) is 0 Å².